The molecule has 5 nitrogen and oxygen atoms in total. The lowest BCUT2D eigenvalue weighted by Crippen LogP contribution is -2.44. The molecule has 0 spiro atoms. The van der Waals surface area contributed by atoms with Crippen molar-refractivity contribution >= 4 is 51.5 Å². The first kappa shape index (κ1) is 21.5. The molecule has 0 aliphatic carbocycles. The Hall–Kier alpha value is -0.550. The van der Waals surface area contributed by atoms with Crippen molar-refractivity contribution in [1.82, 2.24) is 10.6 Å². The predicted molar refractivity (Wildman–Crippen MR) is 109 cm³/mol. The summed E-state index contributed by atoms with van der Waals surface area (Å²) < 4.78 is 35.7. The van der Waals surface area contributed by atoms with Crippen LogP contribution in [0, 0.1) is 5.82 Å². The fraction of sp³-hybridized carbons (Fsp3) is 0.533. The molecule has 0 saturated carbocycles. The number of sulfone groups is 1. The van der Waals surface area contributed by atoms with Crippen molar-refractivity contribution in [2.75, 3.05) is 30.9 Å². The second-order valence-electron chi connectivity index (χ2n) is 5.40. The molecular formula is C15H23FIN3O2S2. The number of guanidine groups is 1. The van der Waals surface area contributed by atoms with Crippen molar-refractivity contribution < 1.29 is 12.8 Å². The zero-order valence-corrected chi connectivity index (χ0v) is 17.5. The van der Waals surface area contributed by atoms with E-state index in [1.807, 2.05) is 0 Å². The Kier molecular flexibility index (Phi) is 9.35. The summed E-state index contributed by atoms with van der Waals surface area (Å²) in [5, 5.41) is 6.34. The standard InChI is InChI=1S/C15H22FN3O2S2.HI/c1-17-15(19-13-7-10-23(20,21)11-13)18-8-2-9-22-14-5-3-12(16)4-6-14;/h3-6,13H,2,7-11H2,1H3,(H2,17,18,19);1H. The van der Waals surface area contributed by atoms with E-state index in [1.54, 1.807) is 30.9 Å². The first-order chi connectivity index (χ1) is 11.0. The molecule has 1 aromatic rings. The number of hydrogen-bond acceptors (Lipinski definition) is 4. The molecule has 0 amide bonds. The zero-order valence-electron chi connectivity index (χ0n) is 13.5. The molecule has 0 radical (unpaired) electrons. The Morgan fingerprint density at radius 1 is 1.38 bits per heavy atom. The number of halogens is 2. The van der Waals surface area contributed by atoms with E-state index in [2.05, 4.69) is 15.6 Å². The summed E-state index contributed by atoms with van der Waals surface area (Å²) in [5.74, 6) is 1.75. The van der Waals surface area contributed by atoms with Gasteiger partial charge in [0.1, 0.15) is 5.82 Å². The maximum Gasteiger partial charge on any atom is 0.191 e. The smallest absolute Gasteiger partial charge is 0.191 e. The van der Waals surface area contributed by atoms with E-state index in [0.717, 1.165) is 23.6 Å². The molecule has 2 rings (SSSR count). The number of thioether (sulfide) groups is 1. The predicted octanol–water partition coefficient (Wildman–Crippen LogP) is 2.28. The summed E-state index contributed by atoms with van der Waals surface area (Å²) in [6.45, 7) is 0.743. The maximum absolute atomic E-state index is 12.8. The molecule has 2 N–H and O–H groups in total. The lowest BCUT2D eigenvalue weighted by molar-refractivity contribution is 0.599. The van der Waals surface area contributed by atoms with Crippen LogP contribution >= 0.6 is 35.7 Å². The van der Waals surface area contributed by atoms with E-state index in [9.17, 15) is 12.8 Å². The lowest BCUT2D eigenvalue weighted by Gasteiger charge is -2.15. The van der Waals surface area contributed by atoms with E-state index in [0.29, 0.717) is 12.4 Å². The Bertz CT molecular complexity index is 639. The summed E-state index contributed by atoms with van der Waals surface area (Å²) in [7, 11) is -1.21. The van der Waals surface area contributed by atoms with Crippen LogP contribution < -0.4 is 10.6 Å². The topological polar surface area (TPSA) is 70.6 Å². The van der Waals surface area contributed by atoms with Gasteiger partial charge in [-0.25, -0.2) is 12.8 Å². The molecule has 0 bridgehead atoms. The molecule has 1 atom stereocenters. The fourth-order valence-electron chi connectivity index (χ4n) is 2.30. The first-order valence-electron chi connectivity index (χ1n) is 7.54. The molecule has 24 heavy (non-hydrogen) atoms. The molecule has 1 heterocycles. The van der Waals surface area contributed by atoms with Crippen LogP contribution in [0.15, 0.2) is 34.2 Å². The second-order valence-corrected chi connectivity index (χ2v) is 8.80. The van der Waals surface area contributed by atoms with Crippen LogP contribution in [0.2, 0.25) is 0 Å². The van der Waals surface area contributed by atoms with Crippen LogP contribution in [0.3, 0.4) is 0 Å². The van der Waals surface area contributed by atoms with Gasteiger partial charge in [-0.05, 0) is 42.9 Å². The van der Waals surface area contributed by atoms with Gasteiger partial charge in [0.2, 0.25) is 0 Å². The van der Waals surface area contributed by atoms with Gasteiger partial charge in [-0.1, -0.05) is 0 Å². The maximum atomic E-state index is 12.8. The van der Waals surface area contributed by atoms with E-state index in [-0.39, 0.29) is 47.3 Å². The summed E-state index contributed by atoms with van der Waals surface area (Å²) in [6.07, 6.45) is 1.55. The fourth-order valence-corrected chi connectivity index (χ4v) is 4.82. The molecule has 1 fully saturated rings. The van der Waals surface area contributed by atoms with Crippen molar-refractivity contribution in [2.45, 2.75) is 23.8 Å². The highest BCUT2D eigenvalue weighted by molar-refractivity contribution is 14.0. The number of hydrogen-bond donors (Lipinski definition) is 2. The molecule has 136 valence electrons. The minimum atomic E-state index is -2.89. The molecule has 1 aromatic carbocycles. The number of nitrogens with one attached hydrogen (secondary N) is 2. The monoisotopic (exact) mass is 487 g/mol. The molecule has 1 unspecified atom stereocenters. The van der Waals surface area contributed by atoms with Crippen LogP contribution in [0.5, 0.6) is 0 Å². The third kappa shape index (κ3) is 7.56. The summed E-state index contributed by atoms with van der Waals surface area (Å²) in [4.78, 5) is 5.16. The SMILES string of the molecule is CN=C(NCCCSc1ccc(F)cc1)NC1CCS(=O)(=O)C1.I. The van der Waals surface area contributed by atoms with E-state index < -0.39 is 9.84 Å². The average molecular weight is 487 g/mol. The van der Waals surface area contributed by atoms with Gasteiger partial charge in [-0.2, -0.15) is 0 Å². The van der Waals surface area contributed by atoms with Gasteiger partial charge in [0, 0.05) is 24.5 Å². The lowest BCUT2D eigenvalue weighted by atomic mass is 10.3. The molecule has 1 saturated heterocycles. The third-order valence-corrected chi connectivity index (χ3v) is 6.36. The molecule has 1 aliphatic heterocycles. The van der Waals surface area contributed by atoms with Gasteiger partial charge in [0.05, 0.1) is 11.5 Å². The van der Waals surface area contributed by atoms with Crippen LogP contribution in [-0.4, -0.2) is 51.3 Å². The molecule has 1 aliphatic rings. The van der Waals surface area contributed by atoms with Crippen LogP contribution in [0.25, 0.3) is 0 Å². The Balaban J connectivity index is 0.00000288. The second kappa shape index (κ2) is 10.4. The molecule has 9 heteroatoms. The van der Waals surface area contributed by atoms with Crippen molar-refractivity contribution in [3.8, 4) is 0 Å². The number of nitrogens with zero attached hydrogens (tertiary/aromatic N) is 1. The van der Waals surface area contributed by atoms with Gasteiger partial charge in [-0.3, -0.25) is 4.99 Å². The van der Waals surface area contributed by atoms with Crippen molar-refractivity contribution in [1.29, 1.82) is 0 Å². The highest BCUT2D eigenvalue weighted by Gasteiger charge is 2.28. The number of rotatable bonds is 6. The normalized spacial score (nSPS) is 19.6. The van der Waals surface area contributed by atoms with Gasteiger partial charge < -0.3 is 10.6 Å². The highest BCUT2D eigenvalue weighted by Crippen LogP contribution is 2.18. The summed E-state index contributed by atoms with van der Waals surface area (Å²) in [5.41, 5.74) is 0. The van der Waals surface area contributed by atoms with Gasteiger partial charge >= 0.3 is 0 Å². The Labute approximate surface area is 164 Å². The molecular weight excluding hydrogens is 464 g/mol. The quantitative estimate of drug-likeness (QED) is 0.212. The van der Waals surface area contributed by atoms with Crippen LogP contribution in [0.1, 0.15) is 12.8 Å². The summed E-state index contributed by atoms with van der Waals surface area (Å²) in [6, 6.07) is 6.41. The number of aliphatic imine (C=N–C) groups is 1. The minimum Gasteiger partial charge on any atom is -0.356 e. The van der Waals surface area contributed by atoms with Crippen molar-refractivity contribution in [2.24, 2.45) is 4.99 Å². The van der Waals surface area contributed by atoms with Crippen LogP contribution in [-0.2, 0) is 9.84 Å². The average Bonchev–Trinajstić information content (AvgIpc) is 2.86. The van der Waals surface area contributed by atoms with Crippen LogP contribution in [0.4, 0.5) is 4.39 Å². The Morgan fingerprint density at radius 3 is 2.67 bits per heavy atom. The van der Waals surface area contributed by atoms with E-state index in [4.69, 9.17) is 0 Å². The Morgan fingerprint density at radius 2 is 2.08 bits per heavy atom. The zero-order chi connectivity index (χ0) is 16.7. The molecule has 0 aromatic heterocycles. The van der Waals surface area contributed by atoms with E-state index in [1.165, 1.54) is 12.1 Å². The largest absolute Gasteiger partial charge is 0.356 e. The van der Waals surface area contributed by atoms with Gasteiger partial charge in [-0.15, -0.1) is 35.7 Å². The summed E-state index contributed by atoms with van der Waals surface area (Å²) >= 11 is 1.67. The number of benzene rings is 1. The van der Waals surface area contributed by atoms with E-state index >= 15 is 0 Å². The minimum absolute atomic E-state index is 0. The van der Waals surface area contributed by atoms with Crippen molar-refractivity contribution in [3.63, 3.8) is 0 Å². The van der Waals surface area contributed by atoms with Gasteiger partial charge in [0.15, 0.2) is 15.8 Å². The highest BCUT2D eigenvalue weighted by atomic mass is 127. The van der Waals surface area contributed by atoms with Gasteiger partial charge in [0.25, 0.3) is 0 Å². The third-order valence-electron chi connectivity index (χ3n) is 3.49. The first-order valence-corrected chi connectivity index (χ1v) is 10.4. The van der Waals surface area contributed by atoms with Crippen molar-refractivity contribution in [3.05, 3.63) is 30.1 Å².